The number of likely N-dealkylation sites (tertiary alicyclic amines) is 1. The molecule has 4 nitrogen and oxygen atoms in total. The topological polar surface area (TPSA) is 42.4 Å². The van der Waals surface area contributed by atoms with E-state index in [1.165, 1.54) is 11.0 Å². The third kappa shape index (κ3) is 2.81. The van der Waals surface area contributed by atoms with Crippen molar-refractivity contribution in [3.63, 3.8) is 0 Å². The molecule has 0 radical (unpaired) electrons. The van der Waals surface area contributed by atoms with Crippen LogP contribution in [0.5, 0.6) is 5.88 Å². The second-order valence-corrected chi connectivity index (χ2v) is 5.69. The smallest absolute Gasteiger partial charge is 0.260 e. The standard InChI is InChI=1S/C15H11BrF2N2O2/c16-10-3-2-6-19-14(10)22-9-7-20(8-9)15(21)13-11(17)4-1-5-12(13)18/h1-6,9H,7-8H2. The average Bonchev–Trinajstić information content (AvgIpc) is 2.43. The van der Waals surface area contributed by atoms with E-state index >= 15 is 0 Å². The molecule has 3 rings (SSSR count). The van der Waals surface area contributed by atoms with Gasteiger partial charge < -0.3 is 9.64 Å². The first kappa shape index (κ1) is 14.9. The van der Waals surface area contributed by atoms with Crippen molar-refractivity contribution in [1.82, 2.24) is 9.88 Å². The van der Waals surface area contributed by atoms with Crippen molar-refractivity contribution in [2.24, 2.45) is 0 Å². The van der Waals surface area contributed by atoms with E-state index in [1.54, 1.807) is 18.3 Å². The number of carbonyl (C=O) groups excluding carboxylic acids is 1. The lowest BCUT2D eigenvalue weighted by Crippen LogP contribution is -2.56. The number of rotatable bonds is 3. The Morgan fingerprint density at radius 2 is 1.91 bits per heavy atom. The Hall–Kier alpha value is -2.02. The molecule has 2 aromatic rings. The number of amides is 1. The van der Waals surface area contributed by atoms with Gasteiger partial charge in [0.1, 0.15) is 23.3 Å². The van der Waals surface area contributed by atoms with Crippen LogP contribution in [0.2, 0.25) is 0 Å². The number of aromatic nitrogens is 1. The molecule has 7 heteroatoms. The zero-order valence-corrected chi connectivity index (χ0v) is 12.9. The average molecular weight is 369 g/mol. The maximum absolute atomic E-state index is 13.6. The van der Waals surface area contributed by atoms with Gasteiger partial charge in [0.15, 0.2) is 0 Å². The highest BCUT2D eigenvalue weighted by Gasteiger charge is 2.35. The van der Waals surface area contributed by atoms with Crippen LogP contribution < -0.4 is 4.74 Å². The highest BCUT2D eigenvalue weighted by Crippen LogP contribution is 2.25. The summed E-state index contributed by atoms with van der Waals surface area (Å²) in [6.45, 7) is 0.519. The van der Waals surface area contributed by atoms with E-state index in [9.17, 15) is 13.6 Å². The first-order valence-electron chi connectivity index (χ1n) is 6.56. The summed E-state index contributed by atoms with van der Waals surface area (Å²) in [5.74, 6) is -1.96. The highest BCUT2D eigenvalue weighted by molar-refractivity contribution is 9.10. The quantitative estimate of drug-likeness (QED) is 0.836. The van der Waals surface area contributed by atoms with Crippen molar-refractivity contribution < 1.29 is 18.3 Å². The molecule has 1 saturated heterocycles. The van der Waals surface area contributed by atoms with Crippen LogP contribution in [0, 0.1) is 11.6 Å². The van der Waals surface area contributed by atoms with Gasteiger partial charge in [-0.15, -0.1) is 0 Å². The molecule has 0 spiro atoms. The van der Waals surface area contributed by atoms with Crippen molar-refractivity contribution in [1.29, 1.82) is 0 Å². The van der Waals surface area contributed by atoms with Gasteiger partial charge in [-0.2, -0.15) is 0 Å². The van der Waals surface area contributed by atoms with Crippen LogP contribution in [0.25, 0.3) is 0 Å². The van der Waals surface area contributed by atoms with E-state index < -0.39 is 23.1 Å². The molecular weight excluding hydrogens is 358 g/mol. The van der Waals surface area contributed by atoms with Gasteiger partial charge in [-0.3, -0.25) is 4.79 Å². The third-order valence-corrected chi connectivity index (χ3v) is 3.92. The fraction of sp³-hybridized carbons (Fsp3) is 0.200. The Bertz CT molecular complexity index is 700. The van der Waals surface area contributed by atoms with Gasteiger partial charge >= 0.3 is 0 Å². The summed E-state index contributed by atoms with van der Waals surface area (Å²) in [4.78, 5) is 17.5. The Morgan fingerprint density at radius 3 is 2.55 bits per heavy atom. The predicted octanol–water partition coefficient (Wildman–Crippen LogP) is 3.03. The number of nitrogens with zero attached hydrogens (tertiary/aromatic N) is 2. The van der Waals surface area contributed by atoms with Gasteiger partial charge in [-0.25, -0.2) is 13.8 Å². The van der Waals surface area contributed by atoms with Crippen molar-refractivity contribution in [3.8, 4) is 5.88 Å². The molecule has 2 heterocycles. The molecule has 0 saturated carbocycles. The van der Waals surface area contributed by atoms with Gasteiger partial charge in [0.25, 0.3) is 5.91 Å². The van der Waals surface area contributed by atoms with Crippen LogP contribution in [-0.4, -0.2) is 35.0 Å². The molecule has 0 aliphatic carbocycles. The maximum atomic E-state index is 13.6. The summed E-state index contributed by atoms with van der Waals surface area (Å²) in [7, 11) is 0. The number of ether oxygens (including phenoxy) is 1. The van der Waals surface area contributed by atoms with E-state index in [4.69, 9.17) is 4.74 Å². The van der Waals surface area contributed by atoms with E-state index in [-0.39, 0.29) is 19.2 Å². The van der Waals surface area contributed by atoms with Crippen molar-refractivity contribution in [2.45, 2.75) is 6.10 Å². The summed E-state index contributed by atoms with van der Waals surface area (Å²) in [6, 6.07) is 6.90. The molecule has 0 atom stereocenters. The minimum Gasteiger partial charge on any atom is -0.470 e. The van der Waals surface area contributed by atoms with Crippen LogP contribution in [0.1, 0.15) is 10.4 Å². The fourth-order valence-corrected chi connectivity index (χ4v) is 2.50. The normalized spacial score (nSPS) is 14.6. The van der Waals surface area contributed by atoms with E-state index in [1.807, 2.05) is 0 Å². The van der Waals surface area contributed by atoms with Crippen LogP contribution in [0.15, 0.2) is 41.0 Å². The summed E-state index contributed by atoms with van der Waals surface area (Å²) < 4.78 is 33.5. The lowest BCUT2D eigenvalue weighted by atomic mass is 10.1. The van der Waals surface area contributed by atoms with Gasteiger partial charge in [-0.05, 0) is 40.2 Å². The predicted molar refractivity (Wildman–Crippen MR) is 78.6 cm³/mol. The molecule has 1 aromatic heterocycles. The molecule has 22 heavy (non-hydrogen) atoms. The summed E-state index contributed by atoms with van der Waals surface area (Å²) in [5, 5.41) is 0. The zero-order valence-electron chi connectivity index (χ0n) is 11.3. The second-order valence-electron chi connectivity index (χ2n) is 4.84. The maximum Gasteiger partial charge on any atom is 0.260 e. The summed E-state index contributed by atoms with van der Waals surface area (Å²) in [5.41, 5.74) is -0.528. The third-order valence-electron chi connectivity index (χ3n) is 3.31. The van der Waals surface area contributed by atoms with Gasteiger partial charge in [0.2, 0.25) is 5.88 Å². The highest BCUT2D eigenvalue weighted by atomic mass is 79.9. The lowest BCUT2D eigenvalue weighted by molar-refractivity contribution is 0.0150. The minimum absolute atomic E-state index is 0.245. The number of hydrogen-bond acceptors (Lipinski definition) is 3. The molecule has 1 amide bonds. The monoisotopic (exact) mass is 368 g/mol. The Morgan fingerprint density at radius 1 is 1.23 bits per heavy atom. The lowest BCUT2D eigenvalue weighted by Gasteiger charge is -2.38. The molecule has 1 aromatic carbocycles. The first-order chi connectivity index (χ1) is 10.6. The van der Waals surface area contributed by atoms with E-state index in [0.29, 0.717) is 10.4 Å². The Balaban J connectivity index is 1.64. The first-order valence-corrected chi connectivity index (χ1v) is 7.36. The van der Waals surface area contributed by atoms with Crippen LogP contribution >= 0.6 is 15.9 Å². The molecule has 114 valence electrons. The molecular formula is C15H11BrF2N2O2. The number of benzene rings is 1. The summed E-state index contributed by atoms with van der Waals surface area (Å²) in [6.07, 6.45) is 1.35. The van der Waals surface area contributed by atoms with Gasteiger partial charge in [0.05, 0.1) is 17.6 Å². The van der Waals surface area contributed by atoms with Gasteiger partial charge in [-0.1, -0.05) is 6.07 Å². The fourth-order valence-electron chi connectivity index (χ4n) is 2.15. The number of carbonyl (C=O) groups is 1. The molecule has 0 unspecified atom stereocenters. The number of hydrogen-bond donors (Lipinski definition) is 0. The minimum atomic E-state index is -0.859. The molecule has 0 bridgehead atoms. The SMILES string of the molecule is O=C(c1c(F)cccc1F)N1CC(Oc2ncccc2Br)C1. The molecule has 1 aliphatic heterocycles. The largest absolute Gasteiger partial charge is 0.470 e. The van der Waals surface area contributed by atoms with E-state index in [0.717, 1.165) is 12.1 Å². The molecule has 1 fully saturated rings. The van der Waals surface area contributed by atoms with Crippen molar-refractivity contribution >= 4 is 21.8 Å². The number of halogens is 3. The number of pyridine rings is 1. The van der Waals surface area contributed by atoms with Crippen LogP contribution in [0.3, 0.4) is 0 Å². The Labute approximate surface area is 133 Å². The molecule has 0 N–H and O–H groups in total. The van der Waals surface area contributed by atoms with Crippen LogP contribution in [-0.2, 0) is 0 Å². The van der Waals surface area contributed by atoms with Gasteiger partial charge in [0, 0.05) is 6.20 Å². The van der Waals surface area contributed by atoms with Crippen molar-refractivity contribution in [3.05, 3.63) is 58.2 Å². The van der Waals surface area contributed by atoms with Crippen LogP contribution in [0.4, 0.5) is 8.78 Å². The Kier molecular flexibility index (Phi) is 4.06. The summed E-state index contributed by atoms with van der Waals surface area (Å²) >= 11 is 3.31. The molecule has 1 aliphatic rings. The second kappa shape index (κ2) is 6.00. The zero-order chi connectivity index (χ0) is 15.7. The van der Waals surface area contributed by atoms with E-state index in [2.05, 4.69) is 20.9 Å². The van der Waals surface area contributed by atoms with Crippen molar-refractivity contribution in [2.75, 3.05) is 13.1 Å².